The monoisotopic (exact) mass is 383 g/mol. The van der Waals surface area contributed by atoms with Gasteiger partial charge in [-0.2, -0.15) is 5.10 Å². The second-order valence-corrected chi connectivity index (χ2v) is 6.85. The van der Waals surface area contributed by atoms with Crippen molar-refractivity contribution in [1.82, 2.24) is 25.1 Å². The van der Waals surface area contributed by atoms with Crippen LogP contribution in [-0.4, -0.2) is 25.7 Å². The molecule has 0 aliphatic heterocycles. The van der Waals surface area contributed by atoms with E-state index in [-0.39, 0.29) is 5.91 Å². The first kappa shape index (κ1) is 18.6. The molecule has 29 heavy (non-hydrogen) atoms. The molecule has 1 amide bonds. The smallest absolute Gasteiger partial charge is 0.269 e. The Kier molecular flexibility index (Phi) is 5.16. The summed E-state index contributed by atoms with van der Waals surface area (Å²) in [5, 5.41) is 7.39. The van der Waals surface area contributed by atoms with Crippen LogP contribution in [0, 0.1) is 6.92 Å². The van der Waals surface area contributed by atoms with Gasteiger partial charge in [0.15, 0.2) is 0 Å². The van der Waals surface area contributed by atoms with E-state index in [4.69, 9.17) is 0 Å². The van der Waals surface area contributed by atoms with Crippen LogP contribution >= 0.6 is 0 Å². The molecule has 1 N–H and O–H groups in total. The zero-order valence-electron chi connectivity index (χ0n) is 16.3. The SMILES string of the molecule is Cc1ccc(-c2cc(C(=O)NCc3cc(-c4ccccc4)ncn3)n(C)n2)cc1. The fourth-order valence-electron chi connectivity index (χ4n) is 3.07. The number of benzene rings is 2. The summed E-state index contributed by atoms with van der Waals surface area (Å²) in [7, 11) is 1.77. The van der Waals surface area contributed by atoms with Crippen LogP contribution in [0.4, 0.5) is 0 Å². The van der Waals surface area contributed by atoms with Crippen LogP contribution in [0.1, 0.15) is 21.7 Å². The molecular formula is C23H21N5O. The number of nitrogens with zero attached hydrogens (tertiary/aromatic N) is 4. The van der Waals surface area contributed by atoms with Crippen LogP contribution < -0.4 is 5.32 Å². The van der Waals surface area contributed by atoms with Crippen LogP contribution in [0.25, 0.3) is 22.5 Å². The Morgan fingerprint density at radius 2 is 1.66 bits per heavy atom. The van der Waals surface area contributed by atoms with E-state index < -0.39 is 0 Å². The van der Waals surface area contributed by atoms with Gasteiger partial charge in [0.05, 0.1) is 23.6 Å². The molecule has 2 heterocycles. The first-order chi connectivity index (χ1) is 14.1. The Hall–Kier alpha value is -3.80. The molecule has 2 aromatic carbocycles. The van der Waals surface area contributed by atoms with Crippen LogP contribution in [-0.2, 0) is 13.6 Å². The average Bonchev–Trinajstić information content (AvgIpc) is 3.15. The highest BCUT2D eigenvalue weighted by Gasteiger charge is 2.14. The van der Waals surface area contributed by atoms with Gasteiger partial charge in [-0.3, -0.25) is 9.48 Å². The number of carbonyl (C=O) groups is 1. The summed E-state index contributed by atoms with van der Waals surface area (Å²) in [6.07, 6.45) is 1.52. The highest BCUT2D eigenvalue weighted by atomic mass is 16.2. The molecule has 2 aromatic heterocycles. The van der Waals surface area contributed by atoms with Gasteiger partial charge in [0.1, 0.15) is 12.0 Å². The van der Waals surface area contributed by atoms with Crippen molar-refractivity contribution in [1.29, 1.82) is 0 Å². The van der Waals surface area contributed by atoms with E-state index in [9.17, 15) is 4.79 Å². The van der Waals surface area contributed by atoms with E-state index in [1.165, 1.54) is 11.9 Å². The normalized spacial score (nSPS) is 10.7. The lowest BCUT2D eigenvalue weighted by atomic mass is 10.1. The third-order valence-corrected chi connectivity index (χ3v) is 4.68. The lowest BCUT2D eigenvalue weighted by Crippen LogP contribution is -2.25. The molecule has 0 bridgehead atoms. The minimum atomic E-state index is -0.196. The lowest BCUT2D eigenvalue weighted by molar-refractivity contribution is 0.0941. The molecule has 6 heteroatoms. The molecule has 0 saturated carbocycles. The second kappa shape index (κ2) is 8.06. The zero-order chi connectivity index (χ0) is 20.2. The molecule has 0 aliphatic carbocycles. The summed E-state index contributed by atoms with van der Waals surface area (Å²) >= 11 is 0. The third kappa shape index (κ3) is 4.21. The summed E-state index contributed by atoms with van der Waals surface area (Å²) in [4.78, 5) is 21.3. The predicted molar refractivity (Wildman–Crippen MR) is 112 cm³/mol. The Balaban J connectivity index is 1.47. The summed E-state index contributed by atoms with van der Waals surface area (Å²) in [5.74, 6) is -0.196. The van der Waals surface area contributed by atoms with Crippen molar-refractivity contribution in [2.24, 2.45) is 7.05 Å². The van der Waals surface area contributed by atoms with Crippen molar-refractivity contribution in [2.45, 2.75) is 13.5 Å². The average molecular weight is 383 g/mol. The number of amides is 1. The number of aryl methyl sites for hydroxylation is 2. The van der Waals surface area contributed by atoms with Crippen LogP contribution in [0.2, 0.25) is 0 Å². The molecule has 0 radical (unpaired) electrons. The van der Waals surface area contributed by atoms with Gasteiger partial charge in [0.2, 0.25) is 0 Å². The fourth-order valence-corrected chi connectivity index (χ4v) is 3.07. The summed E-state index contributed by atoms with van der Waals surface area (Å²) < 4.78 is 1.60. The zero-order valence-corrected chi connectivity index (χ0v) is 16.3. The Labute approximate surface area is 169 Å². The first-order valence-corrected chi connectivity index (χ1v) is 9.36. The first-order valence-electron chi connectivity index (χ1n) is 9.36. The van der Waals surface area contributed by atoms with Gasteiger partial charge < -0.3 is 5.32 Å². The van der Waals surface area contributed by atoms with Gasteiger partial charge >= 0.3 is 0 Å². The molecule has 0 fully saturated rings. The largest absolute Gasteiger partial charge is 0.345 e. The van der Waals surface area contributed by atoms with E-state index in [1.54, 1.807) is 17.8 Å². The van der Waals surface area contributed by atoms with E-state index in [2.05, 4.69) is 20.4 Å². The van der Waals surface area contributed by atoms with E-state index in [1.807, 2.05) is 67.6 Å². The van der Waals surface area contributed by atoms with Crippen molar-refractivity contribution in [2.75, 3.05) is 0 Å². The molecule has 4 aromatic rings. The standard InChI is InChI=1S/C23H21N5O/c1-16-8-10-18(11-9-16)21-13-22(28(2)27-21)23(29)24-14-19-12-20(26-15-25-19)17-6-4-3-5-7-17/h3-13,15H,14H2,1-2H3,(H,24,29). The van der Waals surface area contributed by atoms with Crippen LogP contribution in [0.5, 0.6) is 0 Å². The maximum absolute atomic E-state index is 12.7. The van der Waals surface area contributed by atoms with Gasteiger partial charge in [-0.15, -0.1) is 0 Å². The number of hydrogen-bond acceptors (Lipinski definition) is 4. The molecule has 0 atom stereocenters. The van der Waals surface area contributed by atoms with Crippen molar-refractivity contribution in [3.05, 3.63) is 90.0 Å². The van der Waals surface area contributed by atoms with E-state index in [0.29, 0.717) is 12.2 Å². The van der Waals surface area contributed by atoms with Crippen molar-refractivity contribution < 1.29 is 4.79 Å². The van der Waals surface area contributed by atoms with Crippen molar-refractivity contribution >= 4 is 5.91 Å². The van der Waals surface area contributed by atoms with Gasteiger partial charge in [0.25, 0.3) is 5.91 Å². The number of hydrogen-bond donors (Lipinski definition) is 1. The number of carbonyl (C=O) groups excluding carboxylic acids is 1. The molecule has 0 unspecified atom stereocenters. The highest BCUT2D eigenvalue weighted by molar-refractivity contribution is 5.93. The molecule has 0 saturated heterocycles. The maximum Gasteiger partial charge on any atom is 0.269 e. The summed E-state index contributed by atoms with van der Waals surface area (Å²) in [5.41, 5.74) is 6.01. The summed E-state index contributed by atoms with van der Waals surface area (Å²) in [6, 6.07) is 21.6. The Morgan fingerprint density at radius 1 is 0.931 bits per heavy atom. The molecule has 144 valence electrons. The van der Waals surface area contributed by atoms with Crippen LogP contribution in [0.15, 0.2) is 73.1 Å². The van der Waals surface area contributed by atoms with E-state index in [0.717, 1.165) is 28.2 Å². The quantitative estimate of drug-likeness (QED) is 0.569. The second-order valence-electron chi connectivity index (χ2n) is 6.85. The van der Waals surface area contributed by atoms with Crippen molar-refractivity contribution in [3.8, 4) is 22.5 Å². The third-order valence-electron chi connectivity index (χ3n) is 4.68. The number of rotatable bonds is 5. The molecule has 0 spiro atoms. The minimum absolute atomic E-state index is 0.196. The molecular weight excluding hydrogens is 362 g/mol. The minimum Gasteiger partial charge on any atom is -0.345 e. The molecule has 4 rings (SSSR count). The predicted octanol–water partition coefficient (Wildman–Crippen LogP) is 3.78. The van der Waals surface area contributed by atoms with Gasteiger partial charge in [0, 0.05) is 18.2 Å². The number of nitrogens with one attached hydrogen (secondary N) is 1. The van der Waals surface area contributed by atoms with Crippen LogP contribution in [0.3, 0.4) is 0 Å². The Morgan fingerprint density at radius 3 is 2.41 bits per heavy atom. The van der Waals surface area contributed by atoms with Gasteiger partial charge in [-0.25, -0.2) is 9.97 Å². The number of aromatic nitrogens is 4. The fraction of sp³-hybridized carbons (Fsp3) is 0.130. The lowest BCUT2D eigenvalue weighted by Gasteiger charge is -2.06. The Bertz CT molecular complexity index is 1130. The van der Waals surface area contributed by atoms with Crippen molar-refractivity contribution in [3.63, 3.8) is 0 Å². The highest BCUT2D eigenvalue weighted by Crippen LogP contribution is 2.20. The summed E-state index contributed by atoms with van der Waals surface area (Å²) in [6.45, 7) is 2.35. The topological polar surface area (TPSA) is 72.7 Å². The van der Waals surface area contributed by atoms with E-state index >= 15 is 0 Å². The molecule has 0 aliphatic rings. The molecule has 6 nitrogen and oxygen atoms in total. The van der Waals surface area contributed by atoms with Gasteiger partial charge in [-0.1, -0.05) is 60.2 Å². The van der Waals surface area contributed by atoms with Gasteiger partial charge in [-0.05, 0) is 19.1 Å². The maximum atomic E-state index is 12.7.